The minimum atomic E-state index is 0.393. The number of aromatic nitrogens is 4. The average Bonchev–Trinajstić information content (AvgIpc) is 3.20. The highest BCUT2D eigenvalue weighted by molar-refractivity contribution is 5.85. The molecule has 1 saturated heterocycles. The summed E-state index contributed by atoms with van der Waals surface area (Å²) in [4.78, 5) is 19.2. The number of benzene rings is 2. The molecule has 30 heavy (non-hydrogen) atoms. The Labute approximate surface area is 175 Å². The lowest BCUT2D eigenvalue weighted by Crippen LogP contribution is -2.38. The topological polar surface area (TPSA) is 81.8 Å². The fraction of sp³-hybridized carbons (Fsp3) is 0.261. The molecular weight excluding hydrogens is 374 g/mol. The van der Waals surface area contributed by atoms with Gasteiger partial charge in [-0.3, -0.25) is 4.90 Å². The molecule has 152 valence electrons. The molecule has 1 aliphatic rings. The molecule has 0 radical (unpaired) electrons. The molecule has 2 aromatic carbocycles. The minimum absolute atomic E-state index is 0.393. The lowest BCUT2D eigenvalue weighted by atomic mass is 10.0. The van der Waals surface area contributed by atoms with E-state index in [1.807, 2.05) is 30.3 Å². The lowest BCUT2D eigenvalue weighted by Gasteiger charge is -2.32. The molecule has 0 atom stereocenters. The van der Waals surface area contributed by atoms with Crippen molar-refractivity contribution >= 4 is 28.6 Å². The number of imidazole rings is 1. The third kappa shape index (κ3) is 4.26. The van der Waals surface area contributed by atoms with Gasteiger partial charge in [0.1, 0.15) is 11.8 Å². The number of piperidine rings is 1. The number of likely N-dealkylation sites (tertiary alicyclic amines) is 1. The third-order valence-corrected chi connectivity index (χ3v) is 5.50. The van der Waals surface area contributed by atoms with Crippen LogP contribution in [-0.2, 0) is 6.54 Å². The first-order valence-corrected chi connectivity index (χ1v) is 10.4. The number of fused-ring (bicyclic) bond motifs is 1. The van der Waals surface area contributed by atoms with Crippen LogP contribution in [-0.4, -0.2) is 44.0 Å². The largest absolute Gasteiger partial charge is 0.365 e. The van der Waals surface area contributed by atoms with E-state index in [0.29, 0.717) is 17.6 Å². The van der Waals surface area contributed by atoms with Crippen molar-refractivity contribution in [3.05, 3.63) is 72.6 Å². The van der Waals surface area contributed by atoms with Crippen molar-refractivity contribution in [1.82, 2.24) is 24.8 Å². The highest BCUT2D eigenvalue weighted by Crippen LogP contribution is 2.24. The summed E-state index contributed by atoms with van der Waals surface area (Å²) >= 11 is 0. The standard InChI is InChI=1S/C23H25N7/c1-3-7-17(8-4-1)15-30-13-11-19(12-14-30)26-21-20-22(25-16-24-21)29-23(28-20)27-18-9-5-2-6-10-18/h1-10,16,19H,11-15H2,(H3,24,25,26,27,28,29). The molecule has 7 nitrogen and oxygen atoms in total. The van der Waals surface area contributed by atoms with Crippen LogP contribution in [0.1, 0.15) is 18.4 Å². The predicted molar refractivity (Wildman–Crippen MR) is 120 cm³/mol. The predicted octanol–water partition coefficient (Wildman–Crippen LogP) is 4.17. The van der Waals surface area contributed by atoms with Crippen molar-refractivity contribution < 1.29 is 0 Å². The van der Waals surface area contributed by atoms with Gasteiger partial charge < -0.3 is 15.6 Å². The second-order valence-electron chi connectivity index (χ2n) is 7.68. The Hall–Kier alpha value is -3.45. The molecule has 3 N–H and O–H groups in total. The van der Waals surface area contributed by atoms with Crippen LogP contribution in [0.2, 0.25) is 0 Å². The zero-order chi connectivity index (χ0) is 20.2. The van der Waals surface area contributed by atoms with Crippen molar-refractivity contribution in [3.8, 4) is 0 Å². The van der Waals surface area contributed by atoms with Gasteiger partial charge in [0, 0.05) is 31.4 Å². The van der Waals surface area contributed by atoms with Crippen molar-refractivity contribution in [2.45, 2.75) is 25.4 Å². The molecule has 0 amide bonds. The van der Waals surface area contributed by atoms with Crippen LogP contribution in [0, 0.1) is 0 Å². The first-order chi connectivity index (χ1) is 14.8. The summed E-state index contributed by atoms with van der Waals surface area (Å²) < 4.78 is 0. The van der Waals surface area contributed by atoms with E-state index >= 15 is 0 Å². The van der Waals surface area contributed by atoms with Crippen LogP contribution in [0.15, 0.2) is 67.0 Å². The maximum absolute atomic E-state index is 4.55. The molecule has 0 spiro atoms. The number of H-pyrrole nitrogens is 1. The average molecular weight is 400 g/mol. The van der Waals surface area contributed by atoms with Crippen LogP contribution in [0.3, 0.4) is 0 Å². The van der Waals surface area contributed by atoms with E-state index in [1.54, 1.807) is 6.33 Å². The highest BCUT2D eigenvalue weighted by atomic mass is 15.2. The molecular formula is C23H25N7. The smallest absolute Gasteiger partial charge is 0.207 e. The number of rotatable bonds is 6. The van der Waals surface area contributed by atoms with Gasteiger partial charge in [-0.15, -0.1) is 0 Å². The molecule has 0 saturated carbocycles. The van der Waals surface area contributed by atoms with E-state index in [2.05, 4.69) is 65.8 Å². The summed E-state index contributed by atoms with van der Waals surface area (Å²) in [5.74, 6) is 1.48. The van der Waals surface area contributed by atoms with Crippen LogP contribution in [0.5, 0.6) is 0 Å². The van der Waals surface area contributed by atoms with Crippen LogP contribution in [0.25, 0.3) is 11.2 Å². The summed E-state index contributed by atoms with van der Waals surface area (Å²) in [6.07, 6.45) is 3.74. The Balaban J connectivity index is 1.23. The molecule has 4 aromatic rings. The summed E-state index contributed by atoms with van der Waals surface area (Å²) in [6, 6.07) is 21.0. The Morgan fingerprint density at radius 3 is 2.43 bits per heavy atom. The van der Waals surface area contributed by atoms with Crippen LogP contribution < -0.4 is 10.6 Å². The van der Waals surface area contributed by atoms with Gasteiger partial charge in [0.25, 0.3) is 0 Å². The van der Waals surface area contributed by atoms with Gasteiger partial charge in [-0.2, -0.15) is 4.98 Å². The monoisotopic (exact) mass is 399 g/mol. The van der Waals surface area contributed by atoms with E-state index in [9.17, 15) is 0 Å². The number of hydrogen-bond acceptors (Lipinski definition) is 6. The second-order valence-corrected chi connectivity index (χ2v) is 7.68. The summed E-state index contributed by atoms with van der Waals surface area (Å²) in [5.41, 5.74) is 3.84. The number of aromatic amines is 1. The molecule has 7 heteroatoms. The van der Waals surface area contributed by atoms with Crippen LogP contribution in [0.4, 0.5) is 17.5 Å². The van der Waals surface area contributed by atoms with Crippen LogP contribution >= 0.6 is 0 Å². The Morgan fingerprint density at radius 1 is 0.933 bits per heavy atom. The fourth-order valence-corrected chi connectivity index (χ4v) is 3.93. The number of anilines is 3. The van der Waals surface area contributed by atoms with E-state index in [0.717, 1.165) is 49.5 Å². The molecule has 2 aromatic heterocycles. The molecule has 1 aliphatic heterocycles. The van der Waals surface area contributed by atoms with Crippen molar-refractivity contribution in [2.24, 2.45) is 0 Å². The van der Waals surface area contributed by atoms with Gasteiger partial charge in [0.05, 0.1) is 0 Å². The quantitative estimate of drug-likeness (QED) is 0.451. The van der Waals surface area contributed by atoms with Gasteiger partial charge in [-0.25, -0.2) is 9.97 Å². The molecule has 0 aliphatic carbocycles. The summed E-state index contributed by atoms with van der Waals surface area (Å²) in [5, 5.41) is 6.89. The van der Waals surface area contributed by atoms with E-state index < -0.39 is 0 Å². The van der Waals surface area contributed by atoms with Gasteiger partial charge >= 0.3 is 0 Å². The number of nitrogens with one attached hydrogen (secondary N) is 3. The number of nitrogens with zero attached hydrogens (tertiary/aromatic N) is 4. The number of para-hydroxylation sites is 1. The zero-order valence-electron chi connectivity index (χ0n) is 16.8. The summed E-state index contributed by atoms with van der Waals surface area (Å²) in [7, 11) is 0. The molecule has 5 rings (SSSR count). The maximum atomic E-state index is 4.55. The lowest BCUT2D eigenvalue weighted by molar-refractivity contribution is 0.211. The number of hydrogen-bond donors (Lipinski definition) is 3. The second kappa shape index (κ2) is 8.51. The zero-order valence-corrected chi connectivity index (χ0v) is 16.8. The normalized spacial score (nSPS) is 15.3. The molecule has 3 heterocycles. The van der Waals surface area contributed by atoms with Gasteiger partial charge in [-0.1, -0.05) is 48.5 Å². The van der Waals surface area contributed by atoms with E-state index in [1.165, 1.54) is 5.56 Å². The Bertz CT molecular complexity index is 1090. The van der Waals surface area contributed by atoms with Crippen molar-refractivity contribution in [2.75, 3.05) is 23.7 Å². The first-order valence-electron chi connectivity index (χ1n) is 10.4. The Kier molecular flexibility index (Phi) is 5.26. The molecule has 1 fully saturated rings. The minimum Gasteiger partial charge on any atom is -0.365 e. The first kappa shape index (κ1) is 18.6. The van der Waals surface area contributed by atoms with Gasteiger partial charge in [-0.05, 0) is 30.5 Å². The highest BCUT2D eigenvalue weighted by Gasteiger charge is 2.21. The van der Waals surface area contributed by atoms with E-state index in [4.69, 9.17) is 0 Å². The molecule has 0 unspecified atom stereocenters. The Morgan fingerprint density at radius 2 is 1.67 bits per heavy atom. The van der Waals surface area contributed by atoms with E-state index in [-0.39, 0.29) is 0 Å². The van der Waals surface area contributed by atoms with Crippen molar-refractivity contribution in [3.63, 3.8) is 0 Å². The SMILES string of the molecule is c1ccc(CN2CCC(Nc3ncnc4nc(Nc5ccccc5)[nH]c34)CC2)cc1. The third-order valence-electron chi connectivity index (χ3n) is 5.50. The summed E-state index contributed by atoms with van der Waals surface area (Å²) in [6.45, 7) is 3.16. The fourth-order valence-electron chi connectivity index (χ4n) is 3.93. The van der Waals surface area contributed by atoms with Gasteiger partial charge in [0.2, 0.25) is 5.95 Å². The van der Waals surface area contributed by atoms with Crippen molar-refractivity contribution in [1.29, 1.82) is 0 Å². The maximum Gasteiger partial charge on any atom is 0.207 e. The van der Waals surface area contributed by atoms with Gasteiger partial charge in [0.15, 0.2) is 11.5 Å². The molecule has 0 bridgehead atoms.